The Hall–Kier alpha value is -1.05. The molecule has 0 bridgehead atoms. The maximum Gasteiger partial charge on any atom is 0.240 e. The third kappa shape index (κ3) is 2.72. The molecular formula is C10H16N2O2. The van der Waals surface area contributed by atoms with Gasteiger partial charge in [-0.05, 0) is 12.8 Å². The quantitative estimate of drug-likeness (QED) is 0.575. The molecule has 1 rings (SSSR count). The Kier molecular flexibility index (Phi) is 3.93. The van der Waals surface area contributed by atoms with Gasteiger partial charge in [-0.25, -0.2) is 0 Å². The third-order valence-corrected chi connectivity index (χ3v) is 2.36. The number of nitrogens with zero attached hydrogens (tertiary/aromatic N) is 1. The Labute approximate surface area is 84.1 Å². The van der Waals surface area contributed by atoms with Gasteiger partial charge in [0.2, 0.25) is 5.91 Å². The van der Waals surface area contributed by atoms with E-state index in [2.05, 4.69) is 5.92 Å². The van der Waals surface area contributed by atoms with E-state index < -0.39 is 12.1 Å². The lowest BCUT2D eigenvalue weighted by atomic mass is 10.1. The zero-order valence-electron chi connectivity index (χ0n) is 8.15. The van der Waals surface area contributed by atoms with Gasteiger partial charge in [0, 0.05) is 19.5 Å². The van der Waals surface area contributed by atoms with Gasteiger partial charge in [0.25, 0.3) is 0 Å². The van der Waals surface area contributed by atoms with E-state index in [1.54, 1.807) is 4.90 Å². The molecule has 1 aliphatic rings. The summed E-state index contributed by atoms with van der Waals surface area (Å²) in [5, 5.41) is 9.37. The van der Waals surface area contributed by atoms with Gasteiger partial charge in [0.15, 0.2) is 0 Å². The number of rotatable bonds is 2. The summed E-state index contributed by atoms with van der Waals surface area (Å²) in [7, 11) is 0. The van der Waals surface area contributed by atoms with Crippen molar-refractivity contribution in [3.8, 4) is 12.3 Å². The second kappa shape index (κ2) is 4.99. The molecule has 0 saturated carbocycles. The molecular weight excluding hydrogens is 180 g/mol. The van der Waals surface area contributed by atoms with Crippen LogP contribution in [0.2, 0.25) is 0 Å². The largest absolute Gasteiger partial charge is 0.391 e. The van der Waals surface area contributed by atoms with Crippen molar-refractivity contribution < 1.29 is 9.90 Å². The highest BCUT2D eigenvalue weighted by Gasteiger charge is 2.25. The minimum absolute atomic E-state index is 0.151. The molecule has 1 unspecified atom stereocenters. The number of hydrogen-bond acceptors (Lipinski definition) is 3. The van der Waals surface area contributed by atoms with Crippen molar-refractivity contribution in [1.29, 1.82) is 0 Å². The van der Waals surface area contributed by atoms with Gasteiger partial charge < -0.3 is 15.7 Å². The van der Waals surface area contributed by atoms with Gasteiger partial charge in [0.1, 0.15) is 0 Å². The van der Waals surface area contributed by atoms with Crippen molar-refractivity contribution in [3.05, 3.63) is 0 Å². The number of aliphatic hydroxyl groups is 1. The molecule has 4 nitrogen and oxygen atoms in total. The van der Waals surface area contributed by atoms with E-state index in [9.17, 15) is 9.90 Å². The monoisotopic (exact) mass is 196 g/mol. The number of aliphatic hydroxyl groups excluding tert-OH is 1. The number of amides is 1. The van der Waals surface area contributed by atoms with E-state index in [0.29, 0.717) is 13.1 Å². The molecule has 1 heterocycles. The average molecular weight is 196 g/mol. The van der Waals surface area contributed by atoms with Crippen molar-refractivity contribution in [2.45, 2.75) is 31.4 Å². The SMILES string of the molecule is C#CCC(N)C(=O)N1CCC[C@H](O)C1. The molecule has 0 aromatic rings. The first-order valence-corrected chi connectivity index (χ1v) is 4.81. The number of likely N-dealkylation sites (tertiary alicyclic amines) is 1. The summed E-state index contributed by atoms with van der Waals surface area (Å²) in [6, 6.07) is -0.620. The third-order valence-electron chi connectivity index (χ3n) is 2.36. The van der Waals surface area contributed by atoms with Crippen LogP contribution in [0.1, 0.15) is 19.3 Å². The summed E-state index contributed by atoms with van der Waals surface area (Å²) in [5.74, 6) is 2.21. The fourth-order valence-corrected chi connectivity index (χ4v) is 1.60. The first-order valence-electron chi connectivity index (χ1n) is 4.81. The normalized spacial score (nSPS) is 24.1. The standard InChI is InChI=1S/C10H16N2O2/c1-2-4-9(11)10(14)12-6-3-5-8(13)7-12/h1,8-9,13H,3-7,11H2/t8-,9?/m0/s1. The molecule has 0 aromatic heterocycles. The molecule has 1 aliphatic heterocycles. The van der Waals surface area contributed by atoms with Crippen LogP contribution in [-0.4, -0.2) is 41.1 Å². The smallest absolute Gasteiger partial charge is 0.240 e. The van der Waals surface area contributed by atoms with Gasteiger partial charge in [-0.1, -0.05) is 0 Å². The Bertz CT molecular complexity index is 247. The number of β-amino-alcohol motifs (C(OH)–C–C–N with tert-alkyl or cyclic N) is 1. The summed E-state index contributed by atoms with van der Waals surface area (Å²) in [4.78, 5) is 13.2. The molecule has 14 heavy (non-hydrogen) atoms. The van der Waals surface area contributed by atoms with E-state index in [0.717, 1.165) is 12.8 Å². The average Bonchev–Trinajstić information content (AvgIpc) is 2.17. The molecule has 2 atom stereocenters. The van der Waals surface area contributed by atoms with Crippen molar-refractivity contribution in [3.63, 3.8) is 0 Å². The molecule has 1 fully saturated rings. The Morgan fingerprint density at radius 3 is 3.07 bits per heavy atom. The van der Waals surface area contributed by atoms with Gasteiger partial charge in [-0.2, -0.15) is 0 Å². The molecule has 4 heteroatoms. The van der Waals surface area contributed by atoms with E-state index in [1.807, 2.05) is 0 Å². The van der Waals surface area contributed by atoms with Crippen LogP contribution in [0.25, 0.3) is 0 Å². The van der Waals surface area contributed by atoms with Crippen LogP contribution in [0.3, 0.4) is 0 Å². The first kappa shape index (κ1) is 11.0. The van der Waals surface area contributed by atoms with Crippen LogP contribution in [0.4, 0.5) is 0 Å². The second-order valence-electron chi connectivity index (χ2n) is 3.60. The lowest BCUT2D eigenvalue weighted by Gasteiger charge is -2.31. The number of carbonyl (C=O) groups excluding carboxylic acids is 1. The molecule has 0 radical (unpaired) electrons. The highest BCUT2D eigenvalue weighted by atomic mass is 16.3. The Morgan fingerprint density at radius 2 is 2.50 bits per heavy atom. The molecule has 0 spiro atoms. The summed E-state index contributed by atoms with van der Waals surface area (Å²) >= 11 is 0. The topological polar surface area (TPSA) is 66.6 Å². The minimum Gasteiger partial charge on any atom is -0.391 e. The predicted octanol–water partition coefficient (Wildman–Crippen LogP) is -0.680. The van der Waals surface area contributed by atoms with Crippen molar-refractivity contribution in [2.24, 2.45) is 5.73 Å². The molecule has 0 aromatic carbocycles. The fraction of sp³-hybridized carbons (Fsp3) is 0.700. The highest BCUT2D eigenvalue weighted by Crippen LogP contribution is 2.11. The number of nitrogens with two attached hydrogens (primary N) is 1. The summed E-state index contributed by atoms with van der Waals surface area (Å²) < 4.78 is 0. The number of carbonyl (C=O) groups is 1. The highest BCUT2D eigenvalue weighted by molar-refractivity contribution is 5.82. The van der Waals surface area contributed by atoms with Crippen LogP contribution >= 0.6 is 0 Å². The van der Waals surface area contributed by atoms with E-state index in [-0.39, 0.29) is 12.3 Å². The van der Waals surface area contributed by atoms with Crippen LogP contribution in [0.15, 0.2) is 0 Å². The Morgan fingerprint density at radius 1 is 1.79 bits per heavy atom. The van der Waals surface area contributed by atoms with Gasteiger partial charge in [-0.3, -0.25) is 4.79 Å². The van der Waals surface area contributed by atoms with Crippen LogP contribution in [0, 0.1) is 12.3 Å². The number of piperidine rings is 1. The van der Waals surface area contributed by atoms with Gasteiger partial charge in [-0.15, -0.1) is 12.3 Å². The zero-order valence-corrected chi connectivity index (χ0v) is 8.15. The van der Waals surface area contributed by atoms with E-state index >= 15 is 0 Å². The van der Waals surface area contributed by atoms with Crippen LogP contribution in [-0.2, 0) is 4.79 Å². The molecule has 0 aliphatic carbocycles. The molecule has 78 valence electrons. The molecule has 1 amide bonds. The van der Waals surface area contributed by atoms with Gasteiger partial charge in [0.05, 0.1) is 12.1 Å². The maximum absolute atomic E-state index is 11.6. The Balaban J connectivity index is 2.47. The summed E-state index contributed by atoms with van der Waals surface area (Å²) in [5.41, 5.74) is 5.59. The van der Waals surface area contributed by atoms with Crippen molar-refractivity contribution in [2.75, 3.05) is 13.1 Å². The fourth-order valence-electron chi connectivity index (χ4n) is 1.60. The first-order chi connectivity index (χ1) is 6.65. The van der Waals surface area contributed by atoms with Crippen molar-refractivity contribution in [1.82, 2.24) is 4.90 Å². The lowest BCUT2D eigenvalue weighted by molar-refractivity contribution is -0.135. The lowest BCUT2D eigenvalue weighted by Crippen LogP contribution is -2.49. The van der Waals surface area contributed by atoms with Crippen LogP contribution in [0.5, 0.6) is 0 Å². The van der Waals surface area contributed by atoms with Crippen LogP contribution < -0.4 is 5.73 Å². The molecule has 1 saturated heterocycles. The number of terminal acetylenes is 1. The van der Waals surface area contributed by atoms with Crippen molar-refractivity contribution >= 4 is 5.91 Å². The number of hydrogen-bond donors (Lipinski definition) is 2. The summed E-state index contributed by atoms with van der Waals surface area (Å²) in [6.07, 6.45) is 6.51. The summed E-state index contributed by atoms with van der Waals surface area (Å²) in [6.45, 7) is 1.06. The molecule has 3 N–H and O–H groups in total. The minimum atomic E-state index is -0.620. The predicted molar refractivity (Wildman–Crippen MR) is 53.2 cm³/mol. The maximum atomic E-state index is 11.6. The van der Waals surface area contributed by atoms with E-state index in [1.165, 1.54) is 0 Å². The van der Waals surface area contributed by atoms with E-state index in [4.69, 9.17) is 12.2 Å². The second-order valence-corrected chi connectivity index (χ2v) is 3.60. The zero-order chi connectivity index (χ0) is 10.6. The van der Waals surface area contributed by atoms with Gasteiger partial charge >= 0.3 is 0 Å².